The Morgan fingerprint density at radius 2 is 1.89 bits per heavy atom. The normalized spacial score (nSPS) is 10.4. The van der Waals surface area contributed by atoms with Crippen molar-refractivity contribution in [1.29, 1.82) is 0 Å². The van der Waals surface area contributed by atoms with E-state index in [1.165, 1.54) is 11.8 Å². The molecule has 1 heterocycles. The van der Waals surface area contributed by atoms with Crippen LogP contribution in [0.25, 0.3) is 0 Å². The largest absolute Gasteiger partial charge is 0.493 e. The number of benzene rings is 2. The Morgan fingerprint density at radius 3 is 2.64 bits per heavy atom. The number of ether oxygens (including phenoxy) is 2. The number of pyridine rings is 1. The Morgan fingerprint density at radius 1 is 1.07 bits per heavy atom. The van der Waals surface area contributed by atoms with E-state index in [0.29, 0.717) is 35.2 Å². The third-order valence-electron chi connectivity index (χ3n) is 3.95. The highest BCUT2D eigenvalue weighted by molar-refractivity contribution is 7.99. The van der Waals surface area contributed by atoms with E-state index in [-0.39, 0.29) is 5.91 Å². The first-order valence-corrected chi connectivity index (χ1v) is 9.78. The highest BCUT2D eigenvalue weighted by Crippen LogP contribution is 2.29. The van der Waals surface area contributed by atoms with Crippen LogP contribution in [0.15, 0.2) is 76.8 Å². The minimum atomic E-state index is -0.167. The molecule has 0 atom stereocenters. The molecule has 0 radical (unpaired) electrons. The minimum Gasteiger partial charge on any atom is -0.493 e. The van der Waals surface area contributed by atoms with Crippen molar-refractivity contribution in [3.63, 3.8) is 0 Å². The fraction of sp³-hybridized carbons (Fsp3) is 0.182. The number of rotatable bonds is 8. The van der Waals surface area contributed by atoms with Crippen LogP contribution in [0.2, 0.25) is 0 Å². The van der Waals surface area contributed by atoms with Gasteiger partial charge in [-0.3, -0.25) is 4.79 Å². The predicted octanol–water partition coefficient (Wildman–Crippen LogP) is 4.57. The number of methoxy groups -OCH3 is 1. The highest BCUT2D eigenvalue weighted by Gasteiger charge is 2.14. The molecule has 0 bridgehead atoms. The van der Waals surface area contributed by atoms with Crippen molar-refractivity contribution in [3.8, 4) is 11.5 Å². The Labute approximate surface area is 169 Å². The molecule has 1 N–H and O–H groups in total. The lowest BCUT2D eigenvalue weighted by atomic mass is 10.2. The first kappa shape index (κ1) is 19.8. The van der Waals surface area contributed by atoms with Gasteiger partial charge in [-0.2, -0.15) is 0 Å². The molecule has 3 aromatic rings. The van der Waals surface area contributed by atoms with Crippen LogP contribution in [0.1, 0.15) is 22.8 Å². The quantitative estimate of drug-likeness (QED) is 0.606. The first-order valence-electron chi connectivity index (χ1n) is 8.97. The molecule has 28 heavy (non-hydrogen) atoms. The van der Waals surface area contributed by atoms with Gasteiger partial charge in [-0.15, -0.1) is 0 Å². The summed E-state index contributed by atoms with van der Waals surface area (Å²) in [5.74, 6) is 1.17. The molecular formula is C22H22N2O3S. The van der Waals surface area contributed by atoms with Gasteiger partial charge in [0.15, 0.2) is 11.5 Å². The summed E-state index contributed by atoms with van der Waals surface area (Å²) in [6.45, 7) is 2.87. The lowest BCUT2D eigenvalue weighted by Gasteiger charge is -2.12. The summed E-state index contributed by atoms with van der Waals surface area (Å²) < 4.78 is 10.9. The van der Waals surface area contributed by atoms with Gasteiger partial charge >= 0.3 is 0 Å². The van der Waals surface area contributed by atoms with E-state index in [4.69, 9.17) is 9.47 Å². The van der Waals surface area contributed by atoms with Crippen LogP contribution in [0.5, 0.6) is 11.5 Å². The van der Waals surface area contributed by atoms with Crippen LogP contribution in [0.4, 0.5) is 0 Å². The predicted molar refractivity (Wildman–Crippen MR) is 110 cm³/mol. The standard InChI is InChI=1S/C22H22N2O3S/c1-3-27-19-12-11-16(14-20(19)26-2)15-24-21(25)18-10-7-13-23-22(18)28-17-8-5-4-6-9-17/h4-14H,3,15H2,1-2H3,(H,24,25). The summed E-state index contributed by atoms with van der Waals surface area (Å²) >= 11 is 1.47. The second-order valence-electron chi connectivity index (χ2n) is 5.87. The Kier molecular flexibility index (Phi) is 6.92. The van der Waals surface area contributed by atoms with Crippen LogP contribution in [0.3, 0.4) is 0 Å². The molecule has 0 aliphatic heterocycles. The van der Waals surface area contributed by atoms with Crippen molar-refractivity contribution >= 4 is 17.7 Å². The van der Waals surface area contributed by atoms with Gasteiger partial charge in [0, 0.05) is 17.6 Å². The van der Waals surface area contributed by atoms with Gasteiger partial charge in [-0.05, 0) is 48.9 Å². The van der Waals surface area contributed by atoms with E-state index in [2.05, 4.69) is 10.3 Å². The second kappa shape index (κ2) is 9.80. The summed E-state index contributed by atoms with van der Waals surface area (Å²) in [6, 6.07) is 19.1. The third-order valence-corrected chi connectivity index (χ3v) is 4.98. The Bertz CT molecular complexity index is 932. The molecule has 2 aromatic carbocycles. The SMILES string of the molecule is CCOc1ccc(CNC(=O)c2cccnc2Sc2ccccc2)cc1OC. The summed E-state index contributed by atoms with van der Waals surface area (Å²) in [4.78, 5) is 18.1. The zero-order chi connectivity index (χ0) is 19.8. The number of carbonyl (C=O) groups is 1. The second-order valence-corrected chi connectivity index (χ2v) is 6.93. The van der Waals surface area contributed by atoms with Gasteiger partial charge in [-0.25, -0.2) is 4.98 Å². The molecule has 0 aliphatic rings. The van der Waals surface area contributed by atoms with Crippen molar-refractivity contribution in [3.05, 3.63) is 78.0 Å². The van der Waals surface area contributed by atoms with Gasteiger partial charge < -0.3 is 14.8 Å². The number of amides is 1. The van der Waals surface area contributed by atoms with Crippen LogP contribution < -0.4 is 14.8 Å². The molecular weight excluding hydrogens is 372 g/mol. The Hall–Kier alpha value is -2.99. The van der Waals surface area contributed by atoms with Crippen molar-refractivity contribution in [2.24, 2.45) is 0 Å². The van der Waals surface area contributed by atoms with E-state index in [9.17, 15) is 4.79 Å². The molecule has 6 heteroatoms. The molecule has 0 unspecified atom stereocenters. The van der Waals surface area contributed by atoms with Gasteiger partial charge in [0.25, 0.3) is 5.91 Å². The molecule has 0 saturated carbocycles. The van der Waals surface area contributed by atoms with E-state index in [1.54, 1.807) is 25.4 Å². The monoisotopic (exact) mass is 394 g/mol. The maximum absolute atomic E-state index is 12.7. The fourth-order valence-corrected chi connectivity index (χ4v) is 3.52. The molecule has 0 saturated heterocycles. The van der Waals surface area contributed by atoms with E-state index in [1.807, 2.05) is 55.5 Å². The van der Waals surface area contributed by atoms with Crippen molar-refractivity contribution in [2.75, 3.05) is 13.7 Å². The minimum absolute atomic E-state index is 0.167. The molecule has 0 spiro atoms. The van der Waals surface area contributed by atoms with Gasteiger partial charge in [0.05, 0.1) is 19.3 Å². The van der Waals surface area contributed by atoms with Crippen LogP contribution in [0, 0.1) is 0 Å². The molecule has 144 valence electrons. The molecule has 0 fully saturated rings. The molecule has 3 rings (SSSR count). The Balaban J connectivity index is 1.70. The average Bonchev–Trinajstić information content (AvgIpc) is 2.74. The topological polar surface area (TPSA) is 60.5 Å². The van der Waals surface area contributed by atoms with Gasteiger partial charge in [-0.1, -0.05) is 36.0 Å². The molecule has 5 nitrogen and oxygen atoms in total. The van der Waals surface area contributed by atoms with E-state index in [0.717, 1.165) is 10.5 Å². The molecule has 1 aromatic heterocycles. The average molecular weight is 394 g/mol. The zero-order valence-electron chi connectivity index (χ0n) is 15.8. The summed E-state index contributed by atoms with van der Waals surface area (Å²) in [5.41, 5.74) is 1.48. The van der Waals surface area contributed by atoms with Crippen molar-refractivity contribution < 1.29 is 14.3 Å². The van der Waals surface area contributed by atoms with Crippen molar-refractivity contribution in [2.45, 2.75) is 23.4 Å². The van der Waals surface area contributed by atoms with Crippen LogP contribution in [-0.4, -0.2) is 24.6 Å². The van der Waals surface area contributed by atoms with E-state index < -0.39 is 0 Å². The molecule has 1 amide bonds. The maximum atomic E-state index is 12.7. The number of carbonyl (C=O) groups excluding carboxylic acids is 1. The summed E-state index contributed by atoms with van der Waals surface area (Å²) in [5, 5.41) is 3.63. The summed E-state index contributed by atoms with van der Waals surface area (Å²) in [7, 11) is 1.60. The number of hydrogen-bond acceptors (Lipinski definition) is 5. The fourth-order valence-electron chi connectivity index (χ4n) is 2.62. The zero-order valence-corrected chi connectivity index (χ0v) is 16.7. The smallest absolute Gasteiger partial charge is 0.254 e. The maximum Gasteiger partial charge on any atom is 0.254 e. The van der Waals surface area contributed by atoms with Gasteiger partial charge in [0.1, 0.15) is 5.03 Å². The van der Waals surface area contributed by atoms with Crippen molar-refractivity contribution in [1.82, 2.24) is 10.3 Å². The van der Waals surface area contributed by atoms with Crippen LogP contribution >= 0.6 is 11.8 Å². The highest BCUT2D eigenvalue weighted by atomic mass is 32.2. The van der Waals surface area contributed by atoms with Gasteiger partial charge in [0.2, 0.25) is 0 Å². The number of hydrogen-bond donors (Lipinski definition) is 1. The van der Waals surface area contributed by atoms with Crippen LogP contribution in [-0.2, 0) is 6.54 Å². The third kappa shape index (κ3) is 5.04. The lowest BCUT2D eigenvalue weighted by molar-refractivity contribution is 0.0947. The first-order chi connectivity index (χ1) is 13.7. The lowest BCUT2D eigenvalue weighted by Crippen LogP contribution is -2.23. The number of nitrogens with zero attached hydrogens (tertiary/aromatic N) is 1. The molecule has 0 aliphatic carbocycles. The van der Waals surface area contributed by atoms with E-state index >= 15 is 0 Å². The summed E-state index contributed by atoms with van der Waals surface area (Å²) in [6.07, 6.45) is 1.69. The number of nitrogens with one attached hydrogen (secondary N) is 1. The number of aromatic nitrogens is 1.